The molecular formula is HNNdO4+3. The van der Waals surface area contributed by atoms with E-state index in [0.717, 1.165) is 0 Å². The molecule has 0 unspecified atom stereocenters. The van der Waals surface area contributed by atoms with Crippen LogP contribution in [0.5, 0.6) is 0 Å². The van der Waals surface area contributed by atoms with Crippen LogP contribution in [0.3, 0.4) is 0 Å². The van der Waals surface area contributed by atoms with Crippen molar-refractivity contribution in [1.82, 2.24) is 0 Å². The van der Waals surface area contributed by atoms with E-state index in [9.17, 15) is 0 Å². The molecule has 6 heteroatoms. The normalized spacial score (nSPS) is 5.50. The van der Waals surface area contributed by atoms with Crippen molar-refractivity contribution in [3.8, 4) is 0 Å². The van der Waals surface area contributed by atoms with Crippen molar-refractivity contribution in [1.29, 1.82) is 0 Å². The van der Waals surface area contributed by atoms with E-state index < -0.39 is 5.09 Å². The van der Waals surface area contributed by atoms with Crippen LogP contribution in [0.4, 0.5) is 0 Å². The van der Waals surface area contributed by atoms with E-state index in [-0.39, 0.29) is 40.8 Å². The van der Waals surface area contributed by atoms with Gasteiger partial charge in [0.15, 0.2) is 0 Å². The smallest absolute Gasteiger partial charge is 0.214 e. The van der Waals surface area contributed by atoms with E-state index >= 15 is 0 Å². The molecule has 0 bridgehead atoms. The van der Waals surface area contributed by atoms with Crippen molar-refractivity contribution < 1.29 is 56.2 Å². The third-order valence-corrected chi connectivity index (χ3v) is 0.0667. The molecule has 0 atom stereocenters. The van der Waals surface area contributed by atoms with Crippen molar-refractivity contribution in [2.75, 3.05) is 0 Å². The van der Waals surface area contributed by atoms with Gasteiger partial charge in [-0.25, -0.2) is 5.26 Å². The van der Waals surface area contributed by atoms with Gasteiger partial charge in [0.2, 0.25) is 0 Å². The molecule has 1 radical (unpaired) electrons. The summed E-state index contributed by atoms with van der Waals surface area (Å²) in [6.45, 7) is 0. The van der Waals surface area contributed by atoms with Gasteiger partial charge in [-0.1, -0.05) is 0 Å². The van der Waals surface area contributed by atoms with E-state index in [4.69, 9.17) is 15.4 Å². The Labute approximate surface area is 65.8 Å². The Kier molecular flexibility index (Phi) is 8.92. The number of nitrogens with zero attached hydrogens (tertiary/aromatic N) is 1. The molecule has 0 aromatic heterocycles. The zero-order valence-electron chi connectivity index (χ0n) is 2.62. The van der Waals surface area contributed by atoms with Crippen LogP contribution in [-0.4, -0.2) is 10.3 Å². The van der Waals surface area contributed by atoms with Gasteiger partial charge < -0.3 is 0 Å². The molecule has 0 fully saturated rings. The van der Waals surface area contributed by atoms with Crippen LogP contribution in [0.25, 0.3) is 0 Å². The van der Waals surface area contributed by atoms with Gasteiger partial charge in [0.1, 0.15) is 0 Å². The molecule has 0 rings (SSSR count). The summed E-state index contributed by atoms with van der Waals surface area (Å²) in [4.78, 5) is 11.2. The first-order valence-electron chi connectivity index (χ1n) is 0.730. The van der Waals surface area contributed by atoms with Gasteiger partial charge in [0, 0.05) is 0 Å². The summed E-state index contributed by atoms with van der Waals surface area (Å²) in [5.41, 5.74) is 0. The van der Waals surface area contributed by atoms with Gasteiger partial charge in [-0.3, -0.25) is 0 Å². The number of hydrogen-bond donors (Lipinski definition) is 1. The SMILES string of the molecule is O=[N+]([O-])OO.[Nd+3]. The maximum atomic E-state index is 8.70. The van der Waals surface area contributed by atoms with Gasteiger partial charge in [-0.05, 0) is 0 Å². The Hall–Kier alpha value is 0.511. The molecule has 0 aliphatic heterocycles. The van der Waals surface area contributed by atoms with Gasteiger partial charge in [0.25, 0.3) is 0 Å². The average Bonchev–Trinajstić information content (AvgIpc) is 1.38. The molecule has 0 aromatic carbocycles. The molecule has 5 nitrogen and oxygen atoms in total. The number of rotatable bonds is 1. The monoisotopic (exact) mass is 221 g/mol. The summed E-state index contributed by atoms with van der Waals surface area (Å²) in [6.07, 6.45) is 0. The Bertz CT molecular complexity index is 42.8. The minimum absolute atomic E-state index is 0. The molecule has 0 saturated heterocycles. The molecule has 0 spiro atoms. The summed E-state index contributed by atoms with van der Waals surface area (Å²) in [6, 6.07) is 0. The Balaban J connectivity index is 0. The number of hydrogen-bond acceptors (Lipinski definition) is 4. The standard InChI is InChI=1S/HNO4.Nd/c2-1(3)5-4;/h4H;/q;+3. The van der Waals surface area contributed by atoms with Crippen molar-refractivity contribution in [2.24, 2.45) is 0 Å². The van der Waals surface area contributed by atoms with Crippen LogP contribution in [-0.2, 0) is 4.99 Å². The summed E-state index contributed by atoms with van der Waals surface area (Å²) in [5.74, 6) is 0. The first-order valence-corrected chi connectivity index (χ1v) is 0.730. The predicted octanol–water partition coefficient (Wildman–Crippen LogP) is -0.332. The third kappa shape index (κ3) is 8.82. The maximum absolute atomic E-state index is 8.70. The fraction of sp³-hybridized carbons (Fsp3) is 0. The Morgan fingerprint density at radius 3 is 2.00 bits per heavy atom. The summed E-state index contributed by atoms with van der Waals surface area (Å²) in [5, 5.41) is 14.3. The van der Waals surface area contributed by atoms with Crippen LogP contribution in [0, 0.1) is 51.0 Å². The summed E-state index contributed by atoms with van der Waals surface area (Å²) in [7, 11) is 0. The molecule has 6 heavy (non-hydrogen) atoms. The minimum atomic E-state index is -1.32. The average molecular weight is 223 g/mol. The largest absolute Gasteiger partial charge is 3.00 e. The quantitative estimate of drug-likeness (QED) is 0.375. The van der Waals surface area contributed by atoms with Crippen LogP contribution in [0.1, 0.15) is 0 Å². The molecule has 0 heterocycles. The van der Waals surface area contributed by atoms with Crippen LogP contribution in [0.15, 0.2) is 0 Å². The Morgan fingerprint density at radius 2 is 2.00 bits per heavy atom. The van der Waals surface area contributed by atoms with E-state index in [2.05, 4.69) is 4.99 Å². The van der Waals surface area contributed by atoms with Crippen molar-refractivity contribution in [3.63, 3.8) is 0 Å². The van der Waals surface area contributed by atoms with Crippen molar-refractivity contribution in [2.45, 2.75) is 0 Å². The topological polar surface area (TPSA) is 72.6 Å². The molecule has 0 aliphatic rings. The van der Waals surface area contributed by atoms with Crippen molar-refractivity contribution in [3.05, 3.63) is 10.1 Å². The molecule has 31 valence electrons. The Morgan fingerprint density at radius 1 is 1.83 bits per heavy atom. The first-order chi connectivity index (χ1) is 2.27. The van der Waals surface area contributed by atoms with Crippen LogP contribution in [0.2, 0.25) is 0 Å². The molecule has 0 aromatic rings. The van der Waals surface area contributed by atoms with Crippen LogP contribution >= 0.6 is 0 Å². The predicted molar refractivity (Wildman–Crippen MR) is 10.7 cm³/mol. The maximum Gasteiger partial charge on any atom is 3.00 e. The van der Waals surface area contributed by atoms with E-state index in [1.807, 2.05) is 0 Å². The second-order valence-corrected chi connectivity index (χ2v) is 0.305. The van der Waals surface area contributed by atoms with Gasteiger partial charge in [-0.2, -0.15) is 0 Å². The second kappa shape index (κ2) is 5.51. The molecule has 0 saturated carbocycles. The fourth-order valence-corrected chi connectivity index (χ4v) is 0. The third-order valence-electron chi connectivity index (χ3n) is 0.0667. The van der Waals surface area contributed by atoms with Crippen molar-refractivity contribution >= 4 is 0 Å². The first kappa shape index (κ1) is 9.72. The molecule has 0 aliphatic carbocycles. The second-order valence-electron chi connectivity index (χ2n) is 0.305. The van der Waals surface area contributed by atoms with Crippen LogP contribution < -0.4 is 0 Å². The van der Waals surface area contributed by atoms with E-state index in [1.54, 1.807) is 0 Å². The van der Waals surface area contributed by atoms with Gasteiger partial charge >= 0.3 is 45.9 Å². The van der Waals surface area contributed by atoms with Gasteiger partial charge in [-0.15, -0.1) is 15.1 Å². The molecule has 1 N–H and O–H groups in total. The zero-order chi connectivity index (χ0) is 4.28. The zero-order valence-corrected chi connectivity index (χ0v) is 5.83. The van der Waals surface area contributed by atoms with E-state index in [1.165, 1.54) is 0 Å². The fourth-order valence-electron chi connectivity index (χ4n) is 0. The van der Waals surface area contributed by atoms with E-state index in [0.29, 0.717) is 0 Å². The van der Waals surface area contributed by atoms with Gasteiger partial charge in [0.05, 0.1) is 0 Å². The molecule has 0 amide bonds. The molecular weight excluding hydrogens is 222 g/mol. The minimum Gasteiger partial charge on any atom is -0.214 e. The summed E-state index contributed by atoms with van der Waals surface area (Å²) < 4.78 is 0. The summed E-state index contributed by atoms with van der Waals surface area (Å²) >= 11 is 0.